The van der Waals surface area contributed by atoms with E-state index < -0.39 is 7.15 Å². The lowest BCUT2D eigenvalue weighted by atomic mass is 10.8. The summed E-state index contributed by atoms with van der Waals surface area (Å²) in [5.74, 6) is 0.617. The van der Waals surface area contributed by atoms with Gasteiger partial charge in [0.05, 0.1) is 10.7 Å². The fourth-order valence-corrected chi connectivity index (χ4v) is 3.76. The van der Waals surface area contributed by atoms with Gasteiger partial charge in [0.25, 0.3) is 0 Å². The van der Waals surface area contributed by atoms with Crippen LogP contribution in [0, 0.1) is 0 Å². The van der Waals surface area contributed by atoms with Gasteiger partial charge >= 0.3 is 0 Å². The van der Waals surface area contributed by atoms with Gasteiger partial charge in [-0.05, 0) is 29.5 Å². The van der Waals surface area contributed by atoms with Gasteiger partial charge in [-0.3, -0.25) is 0 Å². The van der Waals surface area contributed by atoms with Crippen molar-refractivity contribution >= 4 is 63.3 Å². The Hall–Kier alpha value is 0.770. The summed E-state index contributed by atoms with van der Waals surface area (Å²) in [5.41, 5.74) is 0. The smallest absolute Gasteiger partial charge is 0.147 e. The maximum Gasteiger partial charge on any atom is 0.147 e. The summed E-state index contributed by atoms with van der Waals surface area (Å²) in [5, 5.41) is 2.80. The van der Waals surface area contributed by atoms with Crippen LogP contribution in [0.5, 0.6) is 0 Å². The Morgan fingerprint density at radius 1 is 1.33 bits per heavy atom. The highest BCUT2D eigenvalue weighted by atomic mass is 33.1. The molecule has 1 saturated heterocycles. The van der Waals surface area contributed by atoms with E-state index in [0.29, 0.717) is 15.1 Å². The topological polar surface area (TPSA) is 12.0 Å². The second-order valence-corrected chi connectivity index (χ2v) is 8.73. The summed E-state index contributed by atoms with van der Waals surface area (Å²) in [6, 6.07) is 0. The zero-order valence-electron chi connectivity index (χ0n) is 4.25. The molecule has 1 rings (SSSR count). The van der Waals surface area contributed by atoms with Crippen molar-refractivity contribution in [2.45, 2.75) is 0 Å². The molecule has 1 heterocycles. The van der Waals surface area contributed by atoms with Crippen molar-refractivity contribution in [2.24, 2.45) is 0 Å². The first kappa shape index (κ1) is 7.87. The predicted octanol–water partition coefficient (Wildman–Crippen LogP) is 0.280. The number of hydrogen-bond acceptors (Lipinski definition) is 4. The third-order valence-electron chi connectivity index (χ3n) is 0.845. The van der Waals surface area contributed by atoms with E-state index in [4.69, 9.17) is 46.8 Å². The summed E-state index contributed by atoms with van der Waals surface area (Å²) in [4.78, 5) is 0.708. The first-order valence-electron chi connectivity index (χ1n) is 2.09. The lowest BCUT2D eigenvalue weighted by molar-refractivity contribution is 1.50. The van der Waals surface area contributed by atoms with E-state index in [1.807, 2.05) is 0 Å². The van der Waals surface area contributed by atoms with Gasteiger partial charge < -0.3 is 5.32 Å². The predicted molar refractivity (Wildman–Crippen MR) is 55.3 cm³/mol. The molecule has 0 aromatic carbocycles. The lowest BCUT2D eigenvalue weighted by Gasteiger charge is -1.92. The van der Waals surface area contributed by atoms with Gasteiger partial charge in [0, 0.05) is 0 Å². The van der Waals surface area contributed by atoms with Crippen LogP contribution in [0.1, 0.15) is 0 Å². The molecule has 0 amide bonds. The molecule has 9 heavy (non-hydrogen) atoms. The zero-order valence-corrected chi connectivity index (χ0v) is 8.33. The minimum Gasteiger partial charge on any atom is -0.334 e. The van der Waals surface area contributed by atoms with E-state index in [2.05, 4.69) is 5.32 Å². The second-order valence-electron chi connectivity index (χ2n) is 1.59. The van der Waals surface area contributed by atoms with Gasteiger partial charge in [0.2, 0.25) is 0 Å². The highest BCUT2D eigenvalue weighted by molar-refractivity contribution is 8.66. The Balaban J connectivity index is 3.10. The van der Waals surface area contributed by atoms with Crippen LogP contribution in [0.3, 0.4) is 0 Å². The zero-order chi connectivity index (χ0) is 7.07. The summed E-state index contributed by atoms with van der Waals surface area (Å²) in [6.07, 6.45) is 0. The highest BCUT2D eigenvalue weighted by Crippen LogP contribution is 2.03. The van der Waals surface area contributed by atoms with Crippen LogP contribution in [0.15, 0.2) is 0 Å². The van der Waals surface area contributed by atoms with E-state index in [9.17, 15) is 0 Å². The van der Waals surface area contributed by atoms with Gasteiger partial charge in [-0.1, -0.05) is 24.4 Å². The first-order chi connectivity index (χ1) is 4.02. The summed E-state index contributed by atoms with van der Waals surface area (Å²) in [6.45, 7) is 0. The SMILES string of the molecule is S=C1CS(=S)(=S)C(=S)N1. The van der Waals surface area contributed by atoms with E-state index >= 15 is 0 Å². The van der Waals surface area contributed by atoms with Crippen molar-refractivity contribution in [3.63, 3.8) is 0 Å². The third kappa shape index (κ3) is 1.62. The van der Waals surface area contributed by atoms with Crippen molar-refractivity contribution in [1.29, 1.82) is 0 Å². The number of hydrogen-bond donors (Lipinski definition) is 1. The van der Waals surface area contributed by atoms with E-state index in [1.165, 1.54) is 0 Å². The summed E-state index contributed by atoms with van der Waals surface area (Å²) < 4.78 is 0.595. The van der Waals surface area contributed by atoms with Crippen LogP contribution in [-0.4, -0.2) is 15.1 Å². The van der Waals surface area contributed by atoms with Crippen molar-refractivity contribution in [2.75, 3.05) is 5.75 Å². The molecule has 6 heteroatoms. The minimum atomic E-state index is -1.53. The number of nitrogens with one attached hydrogen (secondary N) is 1. The molecule has 0 aromatic rings. The summed E-state index contributed by atoms with van der Waals surface area (Å²) in [7, 11) is -1.53. The van der Waals surface area contributed by atoms with Crippen LogP contribution < -0.4 is 5.32 Å². The maximum atomic E-state index is 5.02. The lowest BCUT2D eigenvalue weighted by Crippen LogP contribution is -2.18. The molecular formula is C3H3NS5. The fourth-order valence-electron chi connectivity index (χ4n) is 0.466. The third-order valence-corrected chi connectivity index (χ3v) is 5.91. The van der Waals surface area contributed by atoms with Crippen molar-refractivity contribution in [3.8, 4) is 0 Å². The van der Waals surface area contributed by atoms with Crippen molar-refractivity contribution in [3.05, 3.63) is 0 Å². The first-order valence-corrected chi connectivity index (χ1v) is 6.56. The standard InChI is InChI=1S/C3H3NS5/c5-2-1-9(7,8)3(6)4-2/h1H2,(H,4,5,6). The molecule has 1 aliphatic heterocycles. The Morgan fingerprint density at radius 2 is 1.89 bits per heavy atom. The normalized spacial score (nSPS) is 24.0. The van der Waals surface area contributed by atoms with Crippen LogP contribution in [0.4, 0.5) is 0 Å². The molecule has 1 fully saturated rings. The highest BCUT2D eigenvalue weighted by Gasteiger charge is 2.20. The van der Waals surface area contributed by atoms with Crippen LogP contribution in [-0.2, 0) is 29.5 Å². The van der Waals surface area contributed by atoms with E-state index in [-0.39, 0.29) is 0 Å². The van der Waals surface area contributed by atoms with Gasteiger partial charge in [-0.2, -0.15) is 0 Å². The molecule has 0 unspecified atom stereocenters. The molecule has 0 radical (unpaired) electrons. The monoisotopic (exact) mass is 213 g/mol. The molecular weight excluding hydrogens is 210 g/mol. The molecule has 50 valence electrons. The molecule has 1 N–H and O–H groups in total. The maximum absolute atomic E-state index is 5.02. The average Bonchev–Trinajstić information content (AvgIpc) is 1.79. The Kier molecular flexibility index (Phi) is 2.12. The number of thiocarbonyl (C=S) groups is 2. The molecule has 1 aliphatic rings. The van der Waals surface area contributed by atoms with Gasteiger partial charge in [-0.25, -0.2) is 0 Å². The number of rotatable bonds is 0. The van der Waals surface area contributed by atoms with Gasteiger partial charge in [0.1, 0.15) is 4.32 Å². The Bertz CT molecular complexity index is 260. The molecule has 0 saturated carbocycles. The molecule has 0 atom stereocenters. The second kappa shape index (κ2) is 2.43. The van der Waals surface area contributed by atoms with Crippen molar-refractivity contribution < 1.29 is 0 Å². The van der Waals surface area contributed by atoms with Crippen LogP contribution >= 0.6 is 24.4 Å². The van der Waals surface area contributed by atoms with E-state index in [1.54, 1.807) is 0 Å². The molecule has 0 aliphatic carbocycles. The molecule has 1 nitrogen and oxygen atoms in total. The molecule has 0 bridgehead atoms. The molecule has 0 aromatic heterocycles. The van der Waals surface area contributed by atoms with Crippen molar-refractivity contribution in [1.82, 2.24) is 5.32 Å². The minimum absolute atomic E-state index is 0.595. The average molecular weight is 213 g/mol. The van der Waals surface area contributed by atoms with Crippen LogP contribution in [0.2, 0.25) is 0 Å². The van der Waals surface area contributed by atoms with Crippen LogP contribution in [0.25, 0.3) is 0 Å². The Labute approximate surface area is 74.0 Å². The summed E-state index contributed by atoms with van der Waals surface area (Å²) >= 11 is 19.7. The largest absolute Gasteiger partial charge is 0.334 e. The molecule has 0 spiro atoms. The van der Waals surface area contributed by atoms with Gasteiger partial charge in [-0.15, -0.1) is 0 Å². The fraction of sp³-hybridized carbons (Fsp3) is 0.333. The van der Waals surface area contributed by atoms with Gasteiger partial charge in [0.15, 0.2) is 0 Å². The van der Waals surface area contributed by atoms with E-state index in [0.717, 1.165) is 0 Å². The Morgan fingerprint density at radius 3 is 2.00 bits per heavy atom. The quantitative estimate of drug-likeness (QED) is 0.578.